The van der Waals surface area contributed by atoms with Crippen LogP contribution >= 0.6 is 0 Å². The molecule has 148 valence electrons. The van der Waals surface area contributed by atoms with Gasteiger partial charge in [0.05, 0.1) is 12.1 Å². The third-order valence-electron chi connectivity index (χ3n) is 5.68. The summed E-state index contributed by atoms with van der Waals surface area (Å²) in [6, 6.07) is 28.1. The second-order valence-corrected chi connectivity index (χ2v) is 7.64. The number of hydrogen-bond donors (Lipinski definition) is 0. The van der Waals surface area contributed by atoms with Gasteiger partial charge in [0.25, 0.3) is 5.91 Å². The zero-order valence-corrected chi connectivity index (χ0v) is 16.7. The Labute approximate surface area is 175 Å². The van der Waals surface area contributed by atoms with E-state index in [9.17, 15) is 4.79 Å². The first-order chi connectivity index (χ1) is 14.7. The van der Waals surface area contributed by atoms with Crippen LogP contribution in [0.5, 0.6) is 0 Å². The van der Waals surface area contributed by atoms with Crippen molar-refractivity contribution in [3.05, 3.63) is 114 Å². The van der Waals surface area contributed by atoms with Gasteiger partial charge in [0, 0.05) is 5.56 Å². The Morgan fingerprint density at radius 3 is 2.20 bits per heavy atom. The molecule has 1 aliphatic heterocycles. The van der Waals surface area contributed by atoms with E-state index in [4.69, 9.17) is 0 Å². The lowest BCUT2D eigenvalue weighted by atomic mass is 9.91. The van der Waals surface area contributed by atoms with Crippen molar-refractivity contribution in [1.82, 2.24) is 14.8 Å². The van der Waals surface area contributed by atoms with Gasteiger partial charge in [-0.25, -0.2) is 4.68 Å². The van der Waals surface area contributed by atoms with Crippen molar-refractivity contribution in [1.29, 1.82) is 0 Å². The van der Waals surface area contributed by atoms with Crippen molar-refractivity contribution < 1.29 is 4.79 Å². The van der Waals surface area contributed by atoms with E-state index >= 15 is 0 Å². The standard InChI is InChI=1S/C25H22N4O/c1-18-9-8-14-21(15-18)24(30)28-22(19-10-4-2-5-11-19)16-23(20-12-6-3-7-13-20)29-25(28)26-17-27-29/h2-15,17,22-23H,16H2,1H3. The first-order valence-corrected chi connectivity index (χ1v) is 10.1. The molecule has 0 fully saturated rings. The number of aryl methyl sites for hydroxylation is 1. The molecule has 0 saturated heterocycles. The Morgan fingerprint density at radius 1 is 0.867 bits per heavy atom. The SMILES string of the molecule is Cc1cccc(C(=O)N2c3ncnn3C(c3ccccc3)CC2c2ccccc2)c1. The van der Waals surface area contributed by atoms with Gasteiger partial charge in [-0.05, 0) is 36.6 Å². The third kappa shape index (κ3) is 3.18. The van der Waals surface area contributed by atoms with Gasteiger partial charge in [0.1, 0.15) is 6.33 Å². The van der Waals surface area contributed by atoms with E-state index in [-0.39, 0.29) is 18.0 Å². The fourth-order valence-corrected chi connectivity index (χ4v) is 4.25. The molecule has 1 aromatic heterocycles. The molecule has 0 spiro atoms. The average Bonchev–Trinajstić information content (AvgIpc) is 3.28. The molecule has 2 atom stereocenters. The maximum atomic E-state index is 13.7. The molecule has 0 aliphatic carbocycles. The summed E-state index contributed by atoms with van der Waals surface area (Å²) in [7, 11) is 0. The second kappa shape index (κ2) is 7.59. The minimum absolute atomic E-state index is 0.00969. The first kappa shape index (κ1) is 18.3. The highest BCUT2D eigenvalue weighted by atomic mass is 16.2. The van der Waals surface area contributed by atoms with E-state index in [1.165, 1.54) is 6.33 Å². The van der Waals surface area contributed by atoms with E-state index in [2.05, 4.69) is 34.3 Å². The molecule has 0 bridgehead atoms. The van der Waals surface area contributed by atoms with Crippen molar-refractivity contribution in [3.8, 4) is 0 Å². The summed E-state index contributed by atoms with van der Waals surface area (Å²) in [6.45, 7) is 2.00. The molecule has 0 radical (unpaired) electrons. The predicted octanol–water partition coefficient (Wildman–Crippen LogP) is 4.97. The summed E-state index contributed by atoms with van der Waals surface area (Å²) in [4.78, 5) is 20.0. The van der Waals surface area contributed by atoms with Crippen LogP contribution in [-0.4, -0.2) is 20.7 Å². The van der Waals surface area contributed by atoms with Crippen molar-refractivity contribution in [2.75, 3.05) is 4.90 Å². The number of carbonyl (C=O) groups is 1. The van der Waals surface area contributed by atoms with Gasteiger partial charge in [0.2, 0.25) is 5.95 Å². The van der Waals surface area contributed by atoms with E-state index < -0.39 is 0 Å². The summed E-state index contributed by atoms with van der Waals surface area (Å²) < 4.78 is 1.88. The van der Waals surface area contributed by atoms with Crippen LogP contribution in [0, 0.1) is 6.92 Å². The Morgan fingerprint density at radius 2 is 1.53 bits per heavy atom. The molecule has 30 heavy (non-hydrogen) atoms. The fraction of sp³-hybridized carbons (Fsp3) is 0.160. The average molecular weight is 394 g/mol. The summed E-state index contributed by atoms with van der Waals surface area (Å²) in [6.07, 6.45) is 2.26. The maximum Gasteiger partial charge on any atom is 0.261 e. The van der Waals surface area contributed by atoms with E-state index in [1.54, 1.807) is 4.90 Å². The summed E-state index contributed by atoms with van der Waals surface area (Å²) in [5, 5.41) is 4.50. The Hall–Kier alpha value is -3.73. The summed E-state index contributed by atoms with van der Waals surface area (Å²) >= 11 is 0. The molecule has 5 heteroatoms. The normalized spacial score (nSPS) is 18.1. The van der Waals surface area contributed by atoms with Crippen LogP contribution in [0.3, 0.4) is 0 Å². The van der Waals surface area contributed by atoms with Gasteiger partial charge in [-0.2, -0.15) is 10.1 Å². The van der Waals surface area contributed by atoms with Crippen LogP contribution in [0.15, 0.2) is 91.3 Å². The number of nitrogens with zero attached hydrogens (tertiary/aromatic N) is 4. The fourth-order valence-electron chi connectivity index (χ4n) is 4.25. The molecule has 4 aromatic rings. The zero-order valence-electron chi connectivity index (χ0n) is 16.7. The molecule has 2 unspecified atom stereocenters. The summed E-state index contributed by atoms with van der Waals surface area (Å²) in [5.41, 5.74) is 3.96. The van der Waals surface area contributed by atoms with Gasteiger partial charge in [-0.1, -0.05) is 78.4 Å². The Bertz CT molecular complexity index is 1170. The third-order valence-corrected chi connectivity index (χ3v) is 5.68. The number of anilines is 1. The zero-order chi connectivity index (χ0) is 20.5. The van der Waals surface area contributed by atoms with Gasteiger partial charge >= 0.3 is 0 Å². The number of hydrogen-bond acceptors (Lipinski definition) is 3. The molecule has 3 aromatic carbocycles. The number of rotatable bonds is 3. The predicted molar refractivity (Wildman–Crippen MR) is 116 cm³/mol. The molecule has 1 amide bonds. The minimum Gasteiger partial charge on any atom is -0.269 e. The van der Waals surface area contributed by atoms with Gasteiger partial charge in [-0.3, -0.25) is 9.69 Å². The van der Waals surface area contributed by atoms with Crippen LogP contribution in [-0.2, 0) is 0 Å². The minimum atomic E-state index is -0.138. The topological polar surface area (TPSA) is 51.0 Å². The van der Waals surface area contributed by atoms with Crippen molar-refractivity contribution in [2.45, 2.75) is 25.4 Å². The van der Waals surface area contributed by atoms with E-state index in [1.807, 2.05) is 72.3 Å². The highest BCUT2D eigenvalue weighted by Crippen LogP contribution is 2.42. The van der Waals surface area contributed by atoms with Gasteiger partial charge < -0.3 is 0 Å². The monoisotopic (exact) mass is 394 g/mol. The molecule has 5 rings (SSSR count). The van der Waals surface area contributed by atoms with Crippen LogP contribution in [0.4, 0.5) is 5.95 Å². The molecule has 1 aliphatic rings. The maximum absolute atomic E-state index is 13.7. The van der Waals surface area contributed by atoms with Crippen molar-refractivity contribution in [3.63, 3.8) is 0 Å². The van der Waals surface area contributed by atoms with Crippen molar-refractivity contribution >= 4 is 11.9 Å². The van der Waals surface area contributed by atoms with Crippen molar-refractivity contribution in [2.24, 2.45) is 0 Å². The van der Waals surface area contributed by atoms with Crippen LogP contribution in [0.2, 0.25) is 0 Å². The number of carbonyl (C=O) groups excluding carboxylic acids is 1. The Balaban J connectivity index is 1.65. The lowest BCUT2D eigenvalue weighted by Crippen LogP contribution is -2.42. The molecule has 0 saturated carbocycles. The van der Waals surface area contributed by atoms with Gasteiger partial charge in [-0.15, -0.1) is 0 Å². The molecule has 2 heterocycles. The number of amides is 1. The second-order valence-electron chi connectivity index (χ2n) is 7.64. The van der Waals surface area contributed by atoms with Gasteiger partial charge in [0.15, 0.2) is 0 Å². The molecular formula is C25H22N4O. The quantitative estimate of drug-likeness (QED) is 0.493. The van der Waals surface area contributed by atoms with Crippen LogP contribution in [0.25, 0.3) is 0 Å². The first-order valence-electron chi connectivity index (χ1n) is 10.1. The largest absolute Gasteiger partial charge is 0.269 e. The van der Waals surface area contributed by atoms with E-state index in [0.29, 0.717) is 11.5 Å². The lowest BCUT2D eigenvalue weighted by molar-refractivity contribution is 0.0963. The summed E-state index contributed by atoms with van der Waals surface area (Å²) in [5.74, 6) is 0.517. The highest BCUT2D eigenvalue weighted by Gasteiger charge is 2.39. The number of benzene rings is 3. The molecular weight excluding hydrogens is 372 g/mol. The van der Waals surface area contributed by atoms with Crippen LogP contribution in [0.1, 0.15) is 45.6 Å². The lowest BCUT2D eigenvalue weighted by Gasteiger charge is -2.39. The Kier molecular flexibility index (Phi) is 4.64. The smallest absolute Gasteiger partial charge is 0.261 e. The number of fused-ring (bicyclic) bond motifs is 1. The van der Waals surface area contributed by atoms with E-state index in [0.717, 1.165) is 23.1 Å². The van der Waals surface area contributed by atoms with Crippen LogP contribution < -0.4 is 4.90 Å². The molecule has 5 nitrogen and oxygen atoms in total. The number of aromatic nitrogens is 3. The highest BCUT2D eigenvalue weighted by molar-refractivity contribution is 6.06. The molecule has 0 N–H and O–H groups in total.